The Bertz CT molecular complexity index is 667. The minimum atomic E-state index is -0.841. The fraction of sp³-hybridized carbons (Fsp3) is 0.278. The third kappa shape index (κ3) is 4.01. The summed E-state index contributed by atoms with van der Waals surface area (Å²) in [6.07, 6.45) is 0.407. The molecule has 3 nitrogen and oxygen atoms in total. The van der Waals surface area contributed by atoms with Crippen LogP contribution in [0.3, 0.4) is 0 Å². The average molecular weight is 319 g/mol. The summed E-state index contributed by atoms with van der Waals surface area (Å²) in [7, 11) is 0. The van der Waals surface area contributed by atoms with Crippen LogP contribution < -0.4 is 4.74 Å². The van der Waals surface area contributed by atoms with Crippen LogP contribution in [-0.4, -0.2) is 17.7 Å². The number of benzene rings is 2. The van der Waals surface area contributed by atoms with Crippen LogP contribution in [-0.2, 0) is 11.2 Å². The summed E-state index contributed by atoms with van der Waals surface area (Å²) < 4.78 is 5.45. The highest BCUT2D eigenvalue weighted by Gasteiger charge is 2.22. The average Bonchev–Trinajstić information content (AvgIpc) is 2.46. The zero-order valence-corrected chi connectivity index (χ0v) is 13.4. The topological polar surface area (TPSA) is 46.5 Å². The lowest BCUT2D eigenvalue weighted by atomic mass is 9.89. The lowest BCUT2D eigenvalue weighted by Crippen LogP contribution is -2.15. The van der Waals surface area contributed by atoms with E-state index in [1.807, 2.05) is 44.2 Å². The first kappa shape index (κ1) is 16.4. The van der Waals surface area contributed by atoms with Crippen LogP contribution in [0.2, 0.25) is 5.02 Å². The Kier molecular flexibility index (Phi) is 5.45. The number of hydrogen-bond acceptors (Lipinski definition) is 2. The number of halogens is 1. The maximum Gasteiger partial charge on any atom is 0.311 e. The van der Waals surface area contributed by atoms with Gasteiger partial charge in [0.1, 0.15) is 5.75 Å². The fourth-order valence-electron chi connectivity index (χ4n) is 2.53. The Labute approximate surface area is 135 Å². The highest BCUT2D eigenvalue weighted by molar-refractivity contribution is 6.30. The van der Waals surface area contributed by atoms with Gasteiger partial charge in [-0.15, -0.1) is 0 Å². The van der Waals surface area contributed by atoms with Gasteiger partial charge in [-0.3, -0.25) is 4.79 Å². The summed E-state index contributed by atoms with van der Waals surface area (Å²) in [5, 5.41) is 10.2. The number of aryl methyl sites for hydroxylation is 1. The van der Waals surface area contributed by atoms with Crippen molar-refractivity contribution in [3.05, 3.63) is 64.2 Å². The van der Waals surface area contributed by atoms with Crippen molar-refractivity contribution >= 4 is 17.6 Å². The normalized spacial score (nSPS) is 12.0. The molecule has 0 bridgehead atoms. The molecule has 0 aliphatic carbocycles. The number of ether oxygens (including phenoxy) is 1. The predicted octanol–water partition coefficient (Wildman–Crippen LogP) is 4.46. The first-order valence-corrected chi connectivity index (χ1v) is 7.59. The maximum atomic E-state index is 11.7. The molecule has 0 aromatic heterocycles. The van der Waals surface area contributed by atoms with E-state index in [9.17, 15) is 9.90 Å². The maximum absolute atomic E-state index is 11.7. The van der Waals surface area contributed by atoms with E-state index in [1.54, 1.807) is 12.1 Å². The van der Waals surface area contributed by atoms with Gasteiger partial charge in [0.15, 0.2) is 0 Å². The number of rotatable bonds is 6. The molecule has 1 N–H and O–H groups in total. The SMILES string of the molecule is CCOc1ccc(C(Cc2cccc(Cl)c2)C(=O)O)c(C)c1. The van der Waals surface area contributed by atoms with Crippen LogP contribution >= 0.6 is 11.6 Å². The third-order valence-corrected chi connectivity index (χ3v) is 3.79. The minimum Gasteiger partial charge on any atom is -0.494 e. The summed E-state index contributed by atoms with van der Waals surface area (Å²) in [4.78, 5) is 11.7. The zero-order valence-electron chi connectivity index (χ0n) is 12.7. The van der Waals surface area contributed by atoms with Crippen molar-refractivity contribution in [1.82, 2.24) is 0 Å². The molecule has 1 unspecified atom stereocenters. The summed E-state index contributed by atoms with van der Waals surface area (Å²) in [5.41, 5.74) is 2.63. The Balaban J connectivity index is 2.30. The van der Waals surface area contributed by atoms with Crippen LogP contribution in [0, 0.1) is 6.92 Å². The summed E-state index contributed by atoms with van der Waals surface area (Å²) in [6.45, 7) is 4.41. The van der Waals surface area contributed by atoms with E-state index in [-0.39, 0.29) is 0 Å². The zero-order chi connectivity index (χ0) is 16.1. The highest BCUT2D eigenvalue weighted by Crippen LogP contribution is 2.28. The molecular weight excluding hydrogens is 300 g/mol. The molecule has 2 aromatic rings. The lowest BCUT2D eigenvalue weighted by molar-refractivity contribution is -0.138. The predicted molar refractivity (Wildman–Crippen MR) is 87.9 cm³/mol. The fourth-order valence-corrected chi connectivity index (χ4v) is 2.74. The van der Waals surface area contributed by atoms with E-state index >= 15 is 0 Å². The van der Waals surface area contributed by atoms with Crippen molar-refractivity contribution < 1.29 is 14.6 Å². The molecule has 0 spiro atoms. The Morgan fingerprint density at radius 3 is 2.64 bits per heavy atom. The van der Waals surface area contributed by atoms with E-state index in [2.05, 4.69) is 0 Å². The van der Waals surface area contributed by atoms with Gasteiger partial charge in [0.2, 0.25) is 0 Å². The molecule has 116 valence electrons. The molecule has 0 amide bonds. The lowest BCUT2D eigenvalue weighted by Gasteiger charge is -2.16. The molecule has 2 aromatic carbocycles. The van der Waals surface area contributed by atoms with Gasteiger partial charge < -0.3 is 9.84 Å². The van der Waals surface area contributed by atoms with Crippen molar-refractivity contribution in [2.24, 2.45) is 0 Å². The number of carboxylic acid groups (broad SMARTS) is 1. The van der Waals surface area contributed by atoms with Crippen LogP contribution in [0.25, 0.3) is 0 Å². The van der Waals surface area contributed by atoms with Gasteiger partial charge in [0.05, 0.1) is 12.5 Å². The molecular formula is C18H19ClO3. The van der Waals surface area contributed by atoms with Crippen molar-refractivity contribution in [2.75, 3.05) is 6.61 Å². The van der Waals surface area contributed by atoms with E-state index in [1.165, 1.54) is 0 Å². The summed E-state index contributed by atoms with van der Waals surface area (Å²) in [5.74, 6) is -0.683. The quantitative estimate of drug-likeness (QED) is 0.855. The molecule has 0 heterocycles. The van der Waals surface area contributed by atoms with Crippen LogP contribution in [0.4, 0.5) is 0 Å². The van der Waals surface area contributed by atoms with E-state index < -0.39 is 11.9 Å². The number of carbonyl (C=O) groups is 1. The Morgan fingerprint density at radius 1 is 1.27 bits per heavy atom. The summed E-state index contributed by atoms with van der Waals surface area (Å²) in [6, 6.07) is 12.9. The second kappa shape index (κ2) is 7.32. The standard InChI is InChI=1S/C18H19ClO3/c1-3-22-15-7-8-16(12(2)9-15)17(18(20)21)11-13-5-4-6-14(19)10-13/h4-10,17H,3,11H2,1-2H3,(H,20,21). The second-order valence-corrected chi connectivity index (χ2v) is 5.61. The molecule has 0 radical (unpaired) electrons. The first-order chi connectivity index (χ1) is 10.5. The van der Waals surface area contributed by atoms with Gasteiger partial charge in [-0.25, -0.2) is 0 Å². The van der Waals surface area contributed by atoms with E-state index in [0.717, 1.165) is 22.4 Å². The van der Waals surface area contributed by atoms with Gasteiger partial charge in [-0.1, -0.05) is 29.8 Å². The van der Waals surface area contributed by atoms with E-state index in [4.69, 9.17) is 16.3 Å². The Hall–Kier alpha value is -2.00. The number of aliphatic carboxylic acids is 1. The third-order valence-electron chi connectivity index (χ3n) is 3.55. The molecule has 1 atom stereocenters. The van der Waals surface area contributed by atoms with Gasteiger partial charge in [-0.05, 0) is 61.2 Å². The van der Waals surface area contributed by atoms with Crippen LogP contribution in [0.1, 0.15) is 29.5 Å². The van der Waals surface area contributed by atoms with Crippen LogP contribution in [0.5, 0.6) is 5.75 Å². The van der Waals surface area contributed by atoms with Gasteiger partial charge in [0, 0.05) is 5.02 Å². The van der Waals surface area contributed by atoms with Gasteiger partial charge in [-0.2, -0.15) is 0 Å². The second-order valence-electron chi connectivity index (χ2n) is 5.18. The van der Waals surface area contributed by atoms with Crippen molar-refractivity contribution in [1.29, 1.82) is 0 Å². The molecule has 0 saturated carbocycles. The monoisotopic (exact) mass is 318 g/mol. The van der Waals surface area contributed by atoms with Crippen molar-refractivity contribution in [2.45, 2.75) is 26.2 Å². The highest BCUT2D eigenvalue weighted by atomic mass is 35.5. The molecule has 2 rings (SSSR count). The molecule has 0 aliphatic rings. The Morgan fingerprint density at radius 2 is 2.05 bits per heavy atom. The molecule has 4 heteroatoms. The van der Waals surface area contributed by atoms with Gasteiger partial charge >= 0.3 is 5.97 Å². The number of carboxylic acids is 1. The smallest absolute Gasteiger partial charge is 0.311 e. The molecule has 0 saturated heterocycles. The largest absolute Gasteiger partial charge is 0.494 e. The summed E-state index contributed by atoms with van der Waals surface area (Å²) >= 11 is 5.98. The first-order valence-electron chi connectivity index (χ1n) is 7.22. The number of hydrogen-bond donors (Lipinski definition) is 1. The van der Waals surface area contributed by atoms with Crippen LogP contribution in [0.15, 0.2) is 42.5 Å². The van der Waals surface area contributed by atoms with E-state index in [0.29, 0.717) is 18.1 Å². The minimum absolute atomic E-state index is 0.407. The van der Waals surface area contributed by atoms with Crippen molar-refractivity contribution in [3.8, 4) is 5.75 Å². The molecule has 0 aliphatic heterocycles. The molecule has 0 fully saturated rings. The van der Waals surface area contributed by atoms with Gasteiger partial charge in [0.25, 0.3) is 0 Å². The molecule has 22 heavy (non-hydrogen) atoms. The van der Waals surface area contributed by atoms with Crippen molar-refractivity contribution in [3.63, 3.8) is 0 Å².